The van der Waals surface area contributed by atoms with Gasteiger partial charge in [0, 0.05) is 5.56 Å². The molecule has 1 unspecified atom stereocenters. The number of nitrogens with one attached hydrogen (secondary N) is 1. The van der Waals surface area contributed by atoms with Crippen LogP contribution in [-0.2, 0) is 0 Å². The standard InChI is InChI=1S/C16H19FN2O/c1-3-20-13-6-4-5-12(10-13)16(19-18)14-9-11(2)7-8-15(14)17/h4-10,16,19H,3,18H2,1-2H3. The second-order valence-corrected chi connectivity index (χ2v) is 4.63. The quantitative estimate of drug-likeness (QED) is 0.650. The average molecular weight is 274 g/mol. The highest BCUT2D eigenvalue weighted by atomic mass is 19.1. The Hall–Kier alpha value is -1.91. The van der Waals surface area contributed by atoms with E-state index in [1.54, 1.807) is 12.1 Å². The van der Waals surface area contributed by atoms with E-state index in [9.17, 15) is 4.39 Å². The predicted octanol–water partition coefficient (Wildman–Crippen LogP) is 3.09. The Morgan fingerprint density at radius 3 is 2.75 bits per heavy atom. The Balaban J connectivity index is 2.41. The molecule has 20 heavy (non-hydrogen) atoms. The van der Waals surface area contributed by atoms with E-state index in [0.717, 1.165) is 16.9 Å². The van der Waals surface area contributed by atoms with Crippen molar-refractivity contribution >= 4 is 0 Å². The van der Waals surface area contributed by atoms with Crippen LogP contribution in [-0.4, -0.2) is 6.61 Å². The summed E-state index contributed by atoms with van der Waals surface area (Å²) >= 11 is 0. The number of ether oxygens (including phenoxy) is 1. The van der Waals surface area contributed by atoms with E-state index in [1.165, 1.54) is 6.07 Å². The van der Waals surface area contributed by atoms with Gasteiger partial charge in [-0.15, -0.1) is 0 Å². The highest BCUT2D eigenvalue weighted by Crippen LogP contribution is 2.27. The molecule has 0 aliphatic rings. The number of hydrazine groups is 1. The van der Waals surface area contributed by atoms with E-state index in [4.69, 9.17) is 10.6 Å². The molecule has 0 heterocycles. The van der Waals surface area contributed by atoms with E-state index in [1.807, 2.05) is 38.1 Å². The third-order valence-corrected chi connectivity index (χ3v) is 3.13. The van der Waals surface area contributed by atoms with Gasteiger partial charge in [-0.05, 0) is 37.6 Å². The normalized spacial score (nSPS) is 12.2. The van der Waals surface area contributed by atoms with Crippen LogP contribution in [0.25, 0.3) is 0 Å². The molecule has 0 radical (unpaired) electrons. The van der Waals surface area contributed by atoms with Gasteiger partial charge in [-0.3, -0.25) is 5.84 Å². The lowest BCUT2D eigenvalue weighted by molar-refractivity contribution is 0.339. The highest BCUT2D eigenvalue weighted by Gasteiger charge is 2.17. The molecular formula is C16H19FN2O. The first-order valence-electron chi connectivity index (χ1n) is 6.60. The lowest BCUT2D eigenvalue weighted by Crippen LogP contribution is -2.29. The molecule has 0 spiro atoms. The maximum absolute atomic E-state index is 14.0. The molecule has 2 aromatic carbocycles. The first-order valence-corrected chi connectivity index (χ1v) is 6.60. The summed E-state index contributed by atoms with van der Waals surface area (Å²) < 4.78 is 19.5. The molecule has 3 N–H and O–H groups in total. The van der Waals surface area contributed by atoms with Crippen molar-refractivity contribution in [3.63, 3.8) is 0 Å². The number of hydrogen-bond acceptors (Lipinski definition) is 3. The van der Waals surface area contributed by atoms with Crippen LogP contribution in [0.15, 0.2) is 42.5 Å². The number of hydrogen-bond donors (Lipinski definition) is 2. The zero-order valence-electron chi connectivity index (χ0n) is 11.7. The maximum Gasteiger partial charge on any atom is 0.128 e. The minimum Gasteiger partial charge on any atom is -0.494 e. The lowest BCUT2D eigenvalue weighted by atomic mass is 9.97. The minimum absolute atomic E-state index is 0.277. The number of rotatable bonds is 5. The second-order valence-electron chi connectivity index (χ2n) is 4.63. The summed E-state index contributed by atoms with van der Waals surface area (Å²) in [5, 5.41) is 0. The number of aryl methyl sites for hydroxylation is 1. The third kappa shape index (κ3) is 3.15. The predicted molar refractivity (Wildman–Crippen MR) is 77.9 cm³/mol. The van der Waals surface area contributed by atoms with E-state index in [2.05, 4.69) is 5.43 Å². The number of nitrogens with two attached hydrogens (primary N) is 1. The molecule has 2 aromatic rings. The fourth-order valence-electron chi connectivity index (χ4n) is 2.20. The monoisotopic (exact) mass is 274 g/mol. The van der Waals surface area contributed by atoms with Crippen LogP contribution in [0.3, 0.4) is 0 Å². The molecule has 0 bridgehead atoms. The molecule has 0 amide bonds. The summed E-state index contributed by atoms with van der Waals surface area (Å²) in [6, 6.07) is 12.1. The Kier molecular flexibility index (Phi) is 4.71. The van der Waals surface area contributed by atoms with Crippen molar-refractivity contribution in [2.24, 2.45) is 5.84 Å². The maximum atomic E-state index is 14.0. The molecule has 0 saturated heterocycles. The van der Waals surface area contributed by atoms with Gasteiger partial charge in [0.2, 0.25) is 0 Å². The minimum atomic E-state index is -0.407. The van der Waals surface area contributed by atoms with Crippen molar-refractivity contribution in [2.75, 3.05) is 6.61 Å². The van der Waals surface area contributed by atoms with Crippen molar-refractivity contribution in [3.8, 4) is 5.75 Å². The lowest BCUT2D eigenvalue weighted by Gasteiger charge is -2.19. The first-order chi connectivity index (χ1) is 9.65. The van der Waals surface area contributed by atoms with Gasteiger partial charge in [-0.25, -0.2) is 9.82 Å². The van der Waals surface area contributed by atoms with Gasteiger partial charge in [0.25, 0.3) is 0 Å². The van der Waals surface area contributed by atoms with Crippen molar-refractivity contribution in [1.29, 1.82) is 0 Å². The van der Waals surface area contributed by atoms with Crippen molar-refractivity contribution in [1.82, 2.24) is 5.43 Å². The molecular weight excluding hydrogens is 255 g/mol. The van der Waals surface area contributed by atoms with Gasteiger partial charge in [0.05, 0.1) is 12.6 Å². The summed E-state index contributed by atoms with van der Waals surface area (Å²) in [5.41, 5.74) is 5.06. The van der Waals surface area contributed by atoms with Gasteiger partial charge >= 0.3 is 0 Å². The summed E-state index contributed by atoms with van der Waals surface area (Å²) in [6.07, 6.45) is 0. The van der Waals surface area contributed by atoms with Crippen LogP contribution in [0.5, 0.6) is 5.75 Å². The number of halogens is 1. The molecule has 0 aliphatic heterocycles. The molecule has 0 aliphatic carbocycles. The largest absolute Gasteiger partial charge is 0.494 e. The molecule has 106 valence electrons. The smallest absolute Gasteiger partial charge is 0.128 e. The first kappa shape index (κ1) is 14.5. The van der Waals surface area contributed by atoms with Crippen LogP contribution < -0.4 is 16.0 Å². The molecule has 0 saturated carbocycles. The second kappa shape index (κ2) is 6.50. The van der Waals surface area contributed by atoms with Crippen LogP contribution >= 0.6 is 0 Å². The zero-order valence-corrected chi connectivity index (χ0v) is 11.7. The summed E-state index contributed by atoms with van der Waals surface area (Å²) in [6.45, 7) is 4.43. The molecule has 3 nitrogen and oxygen atoms in total. The van der Waals surface area contributed by atoms with Gasteiger partial charge in [0.1, 0.15) is 11.6 Å². The Bertz CT molecular complexity index is 586. The van der Waals surface area contributed by atoms with E-state index < -0.39 is 6.04 Å². The van der Waals surface area contributed by atoms with Gasteiger partial charge in [-0.1, -0.05) is 29.8 Å². The summed E-state index contributed by atoms with van der Waals surface area (Å²) in [7, 11) is 0. The average Bonchev–Trinajstić information content (AvgIpc) is 2.44. The van der Waals surface area contributed by atoms with Gasteiger partial charge in [-0.2, -0.15) is 0 Å². The third-order valence-electron chi connectivity index (χ3n) is 3.13. The highest BCUT2D eigenvalue weighted by molar-refractivity contribution is 5.38. The van der Waals surface area contributed by atoms with E-state index >= 15 is 0 Å². The van der Waals surface area contributed by atoms with Gasteiger partial charge < -0.3 is 4.74 Å². The van der Waals surface area contributed by atoms with Crippen LogP contribution in [0, 0.1) is 12.7 Å². The van der Waals surface area contributed by atoms with Crippen molar-refractivity contribution < 1.29 is 9.13 Å². The van der Waals surface area contributed by atoms with E-state index in [-0.39, 0.29) is 5.82 Å². The fourth-order valence-corrected chi connectivity index (χ4v) is 2.20. The molecule has 1 atom stereocenters. The summed E-state index contributed by atoms with van der Waals surface area (Å²) in [4.78, 5) is 0. The zero-order chi connectivity index (χ0) is 14.5. The topological polar surface area (TPSA) is 47.3 Å². The Morgan fingerprint density at radius 1 is 1.25 bits per heavy atom. The molecule has 0 fully saturated rings. The van der Waals surface area contributed by atoms with Crippen molar-refractivity contribution in [2.45, 2.75) is 19.9 Å². The Labute approximate surface area is 118 Å². The van der Waals surface area contributed by atoms with Crippen LogP contribution in [0.2, 0.25) is 0 Å². The summed E-state index contributed by atoms with van der Waals surface area (Å²) in [5.74, 6) is 6.09. The molecule has 0 aromatic heterocycles. The van der Waals surface area contributed by atoms with Crippen LogP contribution in [0.4, 0.5) is 4.39 Å². The SMILES string of the molecule is CCOc1cccc(C(NN)c2cc(C)ccc2F)c1. The van der Waals surface area contributed by atoms with Gasteiger partial charge in [0.15, 0.2) is 0 Å². The molecule has 2 rings (SSSR count). The fraction of sp³-hybridized carbons (Fsp3) is 0.250. The van der Waals surface area contributed by atoms with E-state index in [0.29, 0.717) is 12.2 Å². The number of benzene rings is 2. The molecule has 4 heteroatoms. The Morgan fingerprint density at radius 2 is 2.05 bits per heavy atom. The van der Waals surface area contributed by atoms with Crippen molar-refractivity contribution in [3.05, 3.63) is 65.0 Å². The van der Waals surface area contributed by atoms with Crippen LogP contribution in [0.1, 0.15) is 29.7 Å².